The van der Waals surface area contributed by atoms with Crippen molar-refractivity contribution in [2.75, 3.05) is 6.54 Å². The highest BCUT2D eigenvalue weighted by Gasteiger charge is 2.62. The summed E-state index contributed by atoms with van der Waals surface area (Å²) in [5.41, 5.74) is -0.718. The first-order valence-electron chi connectivity index (χ1n) is 6.99. The van der Waals surface area contributed by atoms with Crippen LogP contribution >= 0.6 is 0 Å². The van der Waals surface area contributed by atoms with Crippen molar-refractivity contribution in [3.63, 3.8) is 0 Å². The maximum Gasteiger partial charge on any atom is 0.423 e. The van der Waals surface area contributed by atoms with Crippen molar-refractivity contribution < 1.29 is 31.1 Å². The Bertz CT molecular complexity index is 329. The molecule has 0 amide bonds. The highest BCUT2D eigenvalue weighted by atomic mass is 19.4. The molecular weight excluding hydrogens is 300 g/mol. The van der Waals surface area contributed by atoms with Crippen LogP contribution in [-0.2, 0) is 4.74 Å². The fourth-order valence-corrected chi connectivity index (χ4v) is 2.64. The van der Waals surface area contributed by atoms with E-state index in [0.717, 1.165) is 6.42 Å². The Labute approximate surface area is 120 Å². The predicted molar refractivity (Wildman–Crippen MR) is 65.9 cm³/mol. The minimum Gasteiger partial charge on any atom is -0.357 e. The summed E-state index contributed by atoms with van der Waals surface area (Å²) in [6.45, 7) is 6.02. The molecule has 126 valence electrons. The van der Waals surface area contributed by atoms with Gasteiger partial charge in [-0.3, -0.25) is 0 Å². The Hall–Kier alpha value is -0.500. The summed E-state index contributed by atoms with van der Waals surface area (Å²) in [7, 11) is 0. The van der Waals surface area contributed by atoms with E-state index in [1.807, 2.05) is 6.92 Å². The largest absolute Gasteiger partial charge is 0.423 e. The zero-order valence-corrected chi connectivity index (χ0v) is 12.2. The monoisotopic (exact) mass is 321 g/mol. The molecule has 1 aliphatic carbocycles. The van der Waals surface area contributed by atoms with Gasteiger partial charge in [-0.05, 0) is 25.8 Å². The van der Waals surface area contributed by atoms with E-state index in [9.17, 15) is 26.3 Å². The van der Waals surface area contributed by atoms with Crippen LogP contribution in [0, 0.1) is 5.41 Å². The van der Waals surface area contributed by atoms with Crippen LogP contribution in [-0.4, -0.2) is 37.1 Å². The number of nitrogens with one attached hydrogen (secondary N) is 1. The molecular formula is C13H21F6NO. The highest BCUT2D eigenvalue weighted by molar-refractivity contribution is 5.05. The Morgan fingerprint density at radius 1 is 1.14 bits per heavy atom. The molecule has 0 spiro atoms. The summed E-state index contributed by atoms with van der Waals surface area (Å²) in [4.78, 5) is 0. The van der Waals surface area contributed by atoms with E-state index in [1.54, 1.807) is 13.8 Å². The summed E-state index contributed by atoms with van der Waals surface area (Å²) in [6.07, 6.45) is -14.2. The van der Waals surface area contributed by atoms with Gasteiger partial charge in [0.1, 0.15) is 0 Å². The van der Waals surface area contributed by atoms with Crippen molar-refractivity contribution in [3.8, 4) is 0 Å². The summed E-state index contributed by atoms with van der Waals surface area (Å²) in [5.74, 6) is 0. The molecule has 0 aliphatic heterocycles. The molecule has 0 aromatic rings. The third-order valence-corrected chi connectivity index (χ3v) is 4.28. The zero-order valence-electron chi connectivity index (χ0n) is 12.2. The smallest absolute Gasteiger partial charge is 0.357 e. The second-order valence-electron chi connectivity index (χ2n) is 5.69. The Kier molecular flexibility index (Phi) is 5.58. The van der Waals surface area contributed by atoms with Gasteiger partial charge < -0.3 is 10.1 Å². The average Bonchev–Trinajstić information content (AvgIpc) is 2.32. The number of rotatable bonds is 6. The number of ether oxygens (including phenoxy) is 1. The van der Waals surface area contributed by atoms with Crippen molar-refractivity contribution in [1.29, 1.82) is 0 Å². The minimum absolute atomic E-state index is 0.116. The molecule has 3 atom stereocenters. The Balaban J connectivity index is 2.78. The standard InChI is InChI=1S/C13H21F6NO/c1-4-6-20-8-7-9(11(8,3)5-2)21-10(12(14,15)16)13(17,18)19/h8-10,20H,4-7H2,1-3H3. The number of halogens is 6. The summed E-state index contributed by atoms with van der Waals surface area (Å²) in [6, 6.07) is -0.116. The number of alkyl halides is 6. The van der Waals surface area contributed by atoms with E-state index in [1.165, 1.54) is 0 Å². The van der Waals surface area contributed by atoms with Gasteiger partial charge in [-0.15, -0.1) is 0 Å². The van der Waals surface area contributed by atoms with Gasteiger partial charge in [0.15, 0.2) is 0 Å². The molecule has 3 unspecified atom stereocenters. The van der Waals surface area contributed by atoms with E-state index >= 15 is 0 Å². The fourth-order valence-electron chi connectivity index (χ4n) is 2.64. The van der Waals surface area contributed by atoms with Gasteiger partial charge in [-0.1, -0.05) is 20.8 Å². The molecule has 1 rings (SSSR count). The van der Waals surface area contributed by atoms with Gasteiger partial charge in [0.2, 0.25) is 6.10 Å². The van der Waals surface area contributed by atoms with Crippen LogP contribution in [0.1, 0.15) is 40.0 Å². The molecule has 1 fully saturated rings. The van der Waals surface area contributed by atoms with Crippen molar-refractivity contribution in [2.45, 2.75) is 70.6 Å². The molecule has 0 aromatic heterocycles. The number of hydrogen-bond acceptors (Lipinski definition) is 2. The zero-order chi connectivity index (χ0) is 16.5. The molecule has 1 saturated carbocycles. The van der Waals surface area contributed by atoms with Gasteiger partial charge in [-0.25, -0.2) is 0 Å². The molecule has 1 N–H and O–H groups in total. The minimum atomic E-state index is -5.45. The topological polar surface area (TPSA) is 21.3 Å². The molecule has 1 aliphatic rings. The van der Waals surface area contributed by atoms with E-state index in [-0.39, 0.29) is 12.5 Å². The second-order valence-corrected chi connectivity index (χ2v) is 5.69. The van der Waals surface area contributed by atoms with Gasteiger partial charge in [0.25, 0.3) is 0 Å². The van der Waals surface area contributed by atoms with Crippen molar-refractivity contribution in [1.82, 2.24) is 5.32 Å². The van der Waals surface area contributed by atoms with Crippen LogP contribution < -0.4 is 5.32 Å². The van der Waals surface area contributed by atoms with Gasteiger partial charge in [0.05, 0.1) is 6.10 Å². The Morgan fingerprint density at radius 3 is 2.05 bits per heavy atom. The molecule has 21 heavy (non-hydrogen) atoms. The van der Waals surface area contributed by atoms with E-state index in [0.29, 0.717) is 13.0 Å². The summed E-state index contributed by atoms with van der Waals surface area (Å²) >= 11 is 0. The first-order valence-corrected chi connectivity index (χ1v) is 6.99. The molecule has 0 aromatic carbocycles. The van der Waals surface area contributed by atoms with Gasteiger partial charge in [0, 0.05) is 11.5 Å². The lowest BCUT2D eigenvalue weighted by molar-refractivity contribution is -0.348. The summed E-state index contributed by atoms with van der Waals surface area (Å²) in [5, 5.41) is 3.15. The molecule has 2 nitrogen and oxygen atoms in total. The normalized spacial score (nSPS) is 30.6. The average molecular weight is 321 g/mol. The molecule has 0 saturated heterocycles. The van der Waals surface area contributed by atoms with E-state index in [4.69, 9.17) is 0 Å². The lowest BCUT2D eigenvalue weighted by Gasteiger charge is -2.54. The first-order chi connectivity index (χ1) is 9.46. The molecule has 0 radical (unpaired) electrons. The van der Waals surface area contributed by atoms with Gasteiger partial charge >= 0.3 is 12.4 Å². The van der Waals surface area contributed by atoms with Crippen LogP contribution in [0.15, 0.2) is 0 Å². The predicted octanol–water partition coefficient (Wildman–Crippen LogP) is 4.05. The van der Waals surface area contributed by atoms with E-state index in [2.05, 4.69) is 10.1 Å². The van der Waals surface area contributed by atoms with E-state index < -0.39 is 30.0 Å². The first kappa shape index (κ1) is 18.5. The molecule has 0 heterocycles. The quantitative estimate of drug-likeness (QED) is 0.745. The Morgan fingerprint density at radius 2 is 1.67 bits per heavy atom. The molecule has 8 heteroatoms. The highest BCUT2D eigenvalue weighted by Crippen LogP contribution is 2.49. The molecule has 0 bridgehead atoms. The third-order valence-electron chi connectivity index (χ3n) is 4.28. The second kappa shape index (κ2) is 6.32. The number of hydrogen-bond donors (Lipinski definition) is 1. The third kappa shape index (κ3) is 4.03. The van der Waals surface area contributed by atoms with Crippen LogP contribution in [0.3, 0.4) is 0 Å². The van der Waals surface area contributed by atoms with Crippen LogP contribution in [0.5, 0.6) is 0 Å². The maximum absolute atomic E-state index is 12.5. The van der Waals surface area contributed by atoms with Crippen LogP contribution in [0.2, 0.25) is 0 Å². The van der Waals surface area contributed by atoms with Crippen LogP contribution in [0.4, 0.5) is 26.3 Å². The fraction of sp³-hybridized carbons (Fsp3) is 1.00. The summed E-state index contributed by atoms with van der Waals surface area (Å²) < 4.78 is 79.6. The van der Waals surface area contributed by atoms with Crippen molar-refractivity contribution in [2.24, 2.45) is 5.41 Å². The van der Waals surface area contributed by atoms with Crippen molar-refractivity contribution >= 4 is 0 Å². The van der Waals surface area contributed by atoms with Gasteiger partial charge in [-0.2, -0.15) is 26.3 Å². The SMILES string of the molecule is CCCNC1CC(OC(C(F)(F)F)C(F)(F)F)C1(C)CC. The lowest BCUT2D eigenvalue weighted by Crippen LogP contribution is -2.64. The lowest BCUT2D eigenvalue weighted by atomic mass is 9.61. The van der Waals surface area contributed by atoms with Crippen molar-refractivity contribution in [3.05, 3.63) is 0 Å². The maximum atomic E-state index is 12.5. The van der Waals surface area contributed by atoms with Crippen LogP contribution in [0.25, 0.3) is 0 Å².